The van der Waals surface area contributed by atoms with Gasteiger partial charge in [-0.2, -0.15) is 71.8 Å². The van der Waals surface area contributed by atoms with Crippen LogP contribution in [-0.2, 0) is 43.5 Å². The van der Waals surface area contributed by atoms with Crippen LogP contribution in [0.1, 0.15) is 11.1 Å². The van der Waals surface area contributed by atoms with Crippen molar-refractivity contribution in [1.29, 1.82) is 0 Å². The summed E-state index contributed by atoms with van der Waals surface area (Å²) in [5.41, 5.74) is 2.71. The normalized spacial score (nSPS) is 10.0. The molecule has 6 heteroatoms. The van der Waals surface area contributed by atoms with E-state index < -0.39 is 0 Å². The van der Waals surface area contributed by atoms with Gasteiger partial charge >= 0.3 is 70.2 Å². The zero-order chi connectivity index (χ0) is 31.2. The average Bonchev–Trinajstić information content (AvgIpc) is 3.14. The molecule has 228 valence electrons. The van der Waals surface area contributed by atoms with Crippen LogP contribution in [0.25, 0.3) is 0 Å². The van der Waals surface area contributed by atoms with Crippen molar-refractivity contribution in [2.75, 3.05) is 0 Å². The monoisotopic (exact) mass is 1020 g/mol. The van der Waals surface area contributed by atoms with Crippen molar-refractivity contribution in [2.45, 2.75) is 12.3 Å². The Bertz CT molecular complexity index is 1330. The fourth-order valence-electron chi connectivity index (χ4n) is 4.52. The second kappa shape index (κ2) is 23.3. The summed E-state index contributed by atoms with van der Waals surface area (Å²) in [6, 6.07) is 66.3. The first-order valence-electron chi connectivity index (χ1n) is 13.8. The number of benzene rings is 6. The van der Waals surface area contributed by atoms with Crippen LogP contribution in [0, 0.1) is 12.1 Å². The molecule has 0 aromatic heterocycles. The van der Waals surface area contributed by atoms with E-state index in [0.29, 0.717) is 0 Å². The molecule has 0 radical (unpaired) electrons. The van der Waals surface area contributed by atoms with E-state index in [0.717, 1.165) is 12.3 Å². The Labute approximate surface area is 309 Å². The van der Waals surface area contributed by atoms with Crippen LogP contribution in [0.2, 0.25) is 0 Å². The van der Waals surface area contributed by atoms with Crippen LogP contribution in [0.15, 0.2) is 170 Å². The first-order chi connectivity index (χ1) is 21.9. The predicted octanol–water partition coefficient (Wildman–Crippen LogP) is 10.0. The van der Waals surface area contributed by atoms with Crippen molar-refractivity contribution in [3.05, 3.63) is 193 Å². The summed E-state index contributed by atoms with van der Waals surface area (Å²) >= 11 is 9.44. The molecular formula is C38H32I2P2Pd2. The van der Waals surface area contributed by atoms with Crippen molar-refractivity contribution >= 4 is 76.1 Å². The van der Waals surface area contributed by atoms with Gasteiger partial charge in [0.25, 0.3) is 0 Å². The molecule has 0 saturated carbocycles. The van der Waals surface area contributed by atoms with Gasteiger partial charge in [-0.25, -0.2) is 0 Å². The summed E-state index contributed by atoms with van der Waals surface area (Å²) in [5.74, 6) is 0. The molecule has 6 aromatic rings. The molecule has 0 bridgehead atoms. The fourth-order valence-corrected chi connectivity index (χ4v) is 9.10. The minimum Gasteiger partial charge on any atom is -0.184 e. The average molecular weight is 1020 g/mol. The van der Waals surface area contributed by atoms with Gasteiger partial charge in [-0.05, 0) is 33.5 Å². The number of hydrogen-bond donors (Lipinski definition) is 0. The van der Waals surface area contributed by atoms with Gasteiger partial charge in [-0.1, -0.05) is 137 Å². The Morgan fingerprint density at radius 3 is 0.886 bits per heavy atom. The van der Waals surface area contributed by atoms with E-state index in [1.165, 1.54) is 32.3 Å². The maximum Gasteiger partial charge on any atom is -0.0202 e. The van der Waals surface area contributed by atoms with E-state index in [2.05, 4.69) is 201 Å². The Balaban J connectivity index is 0.000000216. The first-order valence-corrected chi connectivity index (χ1v) is 26.1. The van der Waals surface area contributed by atoms with E-state index in [1.54, 1.807) is 0 Å². The van der Waals surface area contributed by atoms with Gasteiger partial charge in [-0.3, -0.25) is 0 Å². The minimum absolute atomic E-state index is 0.347. The van der Waals surface area contributed by atoms with Gasteiger partial charge in [0.2, 0.25) is 0 Å². The summed E-state index contributed by atoms with van der Waals surface area (Å²) < 4.78 is 0. The molecule has 0 spiro atoms. The van der Waals surface area contributed by atoms with Crippen LogP contribution in [-0.4, -0.2) is 0 Å². The number of halogens is 2. The molecule has 0 amide bonds. The topological polar surface area (TPSA) is 0 Å². The Kier molecular flexibility index (Phi) is 19.8. The Morgan fingerprint density at radius 2 is 0.659 bits per heavy atom. The third-order valence-corrected chi connectivity index (χ3v) is 11.5. The molecule has 0 nitrogen and oxygen atoms in total. The Morgan fingerprint density at radius 1 is 0.386 bits per heavy atom. The van der Waals surface area contributed by atoms with Gasteiger partial charge in [0.1, 0.15) is 0 Å². The fraction of sp³-hybridized carbons (Fsp3) is 0.0526. The molecule has 0 atom stereocenters. The van der Waals surface area contributed by atoms with Crippen LogP contribution < -0.4 is 21.2 Å². The van der Waals surface area contributed by atoms with Crippen LogP contribution in [0.5, 0.6) is 0 Å². The quantitative estimate of drug-likeness (QED) is 0.0617. The van der Waals surface area contributed by atoms with E-state index >= 15 is 0 Å². The van der Waals surface area contributed by atoms with Crippen molar-refractivity contribution < 1.29 is 31.2 Å². The molecule has 0 saturated heterocycles. The molecule has 0 aliphatic carbocycles. The Hall–Kier alpha value is -1.04. The van der Waals surface area contributed by atoms with Crippen molar-refractivity contribution in [1.82, 2.24) is 0 Å². The van der Waals surface area contributed by atoms with Crippen molar-refractivity contribution in [2.24, 2.45) is 0 Å². The van der Waals surface area contributed by atoms with Crippen molar-refractivity contribution in [3.63, 3.8) is 0 Å². The minimum atomic E-state index is -0.347. The second-order valence-corrected chi connectivity index (χ2v) is 13.7. The summed E-state index contributed by atoms with van der Waals surface area (Å²) in [7, 11) is -0.694. The van der Waals surface area contributed by atoms with Gasteiger partial charge < -0.3 is 0 Å². The SMILES string of the molecule is [Pd+][I].[Pd+][I].[c-]1cccc(CP(c2ccccc2)c2ccccc2)c1.[c-]1cccc(CP(c2ccccc2)c2ccccc2)c1. The third kappa shape index (κ3) is 13.0. The molecule has 0 heterocycles. The van der Waals surface area contributed by atoms with E-state index in [-0.39, 0.29) is 15.8 Å². The molecule has 6 aromatic carbocycles. The van der Waals surface area contributed by atoms with Gasteiger partial charge in [0, 0.05) is 0 Å². The summed E-state index contributed by atoms with van der Waals surface area (Å²) in [6.45, 7) is 0. The van der Waals surface area contributed by atoms with Crippen molar-refractivity contribution in [3.8, 4) is 0 Å². The maximum atomic E-state index is 3.18. The predicted molar refractivity (Wildman–Crippen MR) is 204 cm³/mol. The standard InChI is InChI=1S/2C19H16P.2HI.2Pd/c2*1-4-10-17(11-5-1)16-20(18-12-6-2-7-13-18)19-14-8-3-9-15-19;;;;/h2*1-4,6-15H,16H2;2*1H;;/q2*-1;;;2*+2/p-2. The zero-order valence-electron chi connectivity index (χ0n) is 23.9. The van der Waals surface area contributed by atoms with Crippen LogP contribution in [0.4, 0.5) is 0 Å². The third-order valence-electron chi connectivity index (χ3n) is 6.50. The van der Waals surface area contributed by atoms with Crippen LogP contribution in [0.3, 0.4) is 0 Å². The summed E-state index contributed by atoms with van der Waals surface area (Å²) in [6.07, 6.45) is 2.14. The largest absolute Gasteiger partial charge is 0.184 e. The smallest absolute Gasteiger partial charge is 0.0202 e. The molecule has 0 unspecified atom stereocenters. The second-order valence-electron chi connectivity index (χ2n) is 9.34. The molecule has 6 rings (SSSR count). The van der Waals surface area contributed by atoms with E-state index in [1.807, 2.05) is 51.2 Å². The maximum absolute atomic E-state index is 3.18. The van der Waals surface area contributed by atoms with Crippen LogP contribution >= 0.6 is 54.9 Å². The summed E-state index contributed by atoms with van der Waals surface area (Å²) in [4.78, 5) is 0. The zero-order valence-corrected chi connectivity index (χ0v) is 33.1. The first kappa shape index (κ1) is 37.4. The summed E-state index contributed by atoms with van der Waals surface area (Å²) in [5, 5.41) is 5.71. The molecule has 0 aliphatic heterocycles. The molecular weight excluding hydrogens is 985 g/mol. The van der Waals surface area contributed by atoms with E-state index in [4.69, 9.17) is 0 Å². The van der Waals surface area contributed by atoms with Gasteiger partial charge in [-0.15, -0.1) is 0 Å². The van der Waals surface area contributed by atoms with Gasteiger partial charge in [0.05, 0.1) is 0 Å². The number of rotatable bonds is 8. The van der Waals surface area contributed by atoms with E-state index in [9.17, 15) is 0 Å². The molecule has 0 fully saturated rings. The molecule has 0 aliphatic rings. The number of hydrogen-bond acceptors (Lipinski definition) is 0. The molecule has 44 heavy (non-hydrogen) atoms. The molecule has 0 N–H and O–H groups in total. The van der Waals surface area contributed by atoms with Gasteiger partial charge in [0.15, 0.2) is 0 Å².